The second-order valence-corrected chi connectivity index (χ2v) is 2.01. The minimum Gasteiger partial charge on any atom is -0.502 e. The fraction of sp³-hybridized carbons (Fsp3) is 0.250. The summed E-state index contributed by atoms with van der Waals surface area (Å²) in [5.74, 6) is 0.881. The van der Waals surface area contributed by atoms with Crippen molar-refractivity contribution in [1.29, 1.82) is 0 Å². The van der Waals surface area contributed by atoms with Crippen LogP contribution in [-0.2, 0) is 0 Å². The van der Waals surface area contributed by atoms with E-state index in [1.54, 1.807) is 18.2 Å². The van der Waals surface area contributed by atoms with Gasteiger partial charge in [0.25, 0.3) is 0 Å². The van der Waals surface area contributed by atoms with E-state index in [2.05, 4.69) is 0 Å². The third kappa shape index (κ3) is 1.79. The zero-order chi connectivity index (χ0) is 8.27. The van der Waals surface area contributed by atoms with E-state index in [4.69, 9.17) is 9.47 Å². The Morgan fingerprint density at radius 3 is 1.83 bits per heavy atom. The number of hydrogen-bond donors (Lipinski definition) is 1. The number of aromatic hydroxyl groups is 1. The molecular formula is C8H12O4. The average molecular weight is 172 g/mol. The number of benzene rings is 1. The van der Waals surface area contributed by atoms with Crippen molar-refractivity contribution < 1.29 is 20.1 Å². The van der Waals surface area contributed by atoms with Gasteiger partial charge in [-0.2, -0.15) is 0 Å². The Labute approximate surface area is 70.7 Å². The van der Waals surface area contributed by atoms with E-state index in [1.165, 1.54) is 14.2 Å². The van der Waals surface area contributed by atoms with Crippen LogP contribution in [0.25, 0.3) is 0 Å². The lowest BCUT2D eigenvalue weighted by atomic mass is 10.3. The van der Waals surface area contributed by atoms with Gasteiger partial charge in [-0.05, 0) is 12.1 Å². The molecule has 0 aliphatic rings. The summed E-state index contributed by atoms with van der Waals surface area (Å²) < 4.78 is 9.71. The van der Waals surface area contributed by atoms with Gasteiger partial charge >= 0.3 is 0 Å². The molecule has 12 heavy (non-hydrogen) atoms. The lowest BCUT2D eigenvalue weighted by Gasteiger charge is -2.06. The first kappa shape index (κ1) is 10.6. The monoisotopic (exact) mass is 172 g/mol. The van der Waals surface area contributed by atoms with Gasteiger partial charge in [-0.25, -0.2) is 0 Å². The number of phenols is 1. The summed E-state index contributed by atoms with van der Waals surface area (Å²) in [6, 6.07) is 5.08. The molecule has 4 nitrogen and oxygen atoms in total. The highest BCUT2D eigenvalue weighted by Crippen LogP contribution is 2.34. The van der Waals surface area contributed by atoms with E-state index in [0.717, 1.165) is 0 Å². The van der Waals surface area contributed by atoms with Crippen molar-refractivity contribution in [3.8, 4) is 17.2 Å². The van der Waals surface area contributed by atoms with E-state index in [-0.39, 0.29) is 11.2 Å². The second-order valence-electron chi connectivity index (χ2n) is 2.01. The van der Waals surface area contributed by atoms with E-state index >= 15 is 0 Å². The third-order valence-electron chi connectivity index (χ3n) is 1.40. The third-order valence-corrected chi connectivity index (χ3v) is 1.40. The summed E-state index contributed by atoms with van der Waals surface area (Å²) in [7, 11) is 2.99. The topological polar surface area (TPSA) is 70.2 Å². The fourth-order valence-electron chi connectivity index (χ4n) is 0.832. The van der Waals surface area contributed by atoms with Gasteiger partial charge in [0.05, 0.1) is 14.2 Å². The number of hydrogen-bond acceptors (Lipinski definition) is 3. The van der Waals surface area contributed by atoms with Crippen LogP contribution in [0.2, 0.25) is 0 Å². The predicted octanol–water partition coefficient (Wildman–Crippen LogP) is 0.585. The lowest BCUT2D eigenvalue weighted by molar-refractivity contribution is 0.340. The summed E-state index contributed by atoms with van der Waals surface area (Å²) in [6.07, 6.45) is 0. The van der Waals surface area contributed by atoms with Crippen LogP contribution < -0.4 is 9.47 Å². The molecule has 0 saturated carbocycles. The molecular weight excluding hydrogens is 160 g/mol. The lowest BCUT2D eigenvalue weighted by Crippen LogP contribution is -1.87. The molecule has 0 radical (unpaired) electrons. The normalized spacial score (nSPS) is 8.50. The highest BCUT2D eigenvalue weighted by Gasteiger charge is 2.05. The minimum absolute atomic E-state index is 0. The molecule has 0 saturated heterocycles. The predicted molar refractivity (Wildman–Crippen MR) is 44.8 cm³/mol. The molecule has 0 amide bonds. The number of methoxy groups -OCH3 is 2. The Morgan fingerprint density at radius 2 is 1.50 bits per heavy atom. The van der Waals surface area contributed by atoms with E-state index in [1.807, 2.05) is 0 Å². The van der Waals surface area contributed by atoms with Crippen molar-refractivity contribution >= 4 is 0 Å². The smallest absolute Gasteiger partial charge is 0.200 e. The molecule has 68 valence electrons. The molecule has 4 heteroatoms. The van der Waals surface area contributed by atoms with Crippen molar-refractivity contribution in [3.05, 3.63) is 18.2 Å². The minimum atomic E-state index is 0. The summed E-state index contributed by atoms with van der Waals surface area (Å²) in [4.78, 5) is 0. The number of para-hydroxylation sites is 1. The molecule has 0 aromatic heterocycles. The van der Waals surface area contributed by atoms with Crippen LogP contribution in [0.4, 0.5) is 0 Å². The number of phenolic OH excluding ortho intramolecular Hbond substituents is 1. The van der Waals surface area contributed by atoms with Gasteiger partial charge in [-0.15, -0.1) is 0 Å². The standard InChI is InChI=1S/C8H10O3.H2O/c1-10-6-4-3-5-7(11-2)8(6)9;/h3-5,9H,1-2H3;1H2. The van der Waals surface area contributed by atoms with Crippen LogP contribution in [0.15, 0.2) is 18.2 Å². The Morgan fingerprint density at radius 1 is 1.08 bits per heavy atom. The average Bonchev–Trinajstić information content (AvgIpc) is 2.05. The summed E-state index contributed by atoms with van der Waals surface area (Å²) in [5.41, 5.74) is 0. The maximum atomic E-state index is 9.34. The molecule has 3 N–H and O–H groups in total. The van der Waals surface area contributed by atoms with Crippen LogP contribution in [0.1, 0.15) is 0 Å². The van der Waals surface area contributed by atoms with Gasteiger partial charge < -0.3 is 20.1 Å². The Hall–Kier alpha value is -1.42. The van der Waals surface area contributed by atoms with Crippen LogP contribution in [-0.4, -0.2) is 24.8 Å². The fourth-order valence-corrected chi connectivity index (χ4v) is 0.832. The van der Waals surface area contributed by atoms with Crippen molar-refractivity contribution in [2.45, 2.75) is 0 Å². The maximum absolute atomic E-state index is 9.34. The highest BCUT2D eigenvalue weighted by molar-refractivity contribution is 5.49. The quantitative estimate of drug-likeness (QED) is 0.709. The van der Waals surface area contributed by atoms with Gasteiger partial charge in [0.2, 0.25) is 5.75 Å². The van der Waals surface area contributed by atoms with Gasteiger partial charge in [0.1, 0.15) is 0 Å². The molecule has 1 aromatic carbocycles. The molecule has 0 bridgehead atoms. The van der Waals surface area contributed by atoms with Crippen molar-refractivity contribution in [1.82, 2.24) is 0 Å². The number of rotatable bonds is 2. The van der Waals surface area contributed by atoms with Gasteiger partial charge in [-0.1, -0.05) is 6.07 Å². The molecule has 1 aromatic rings. The van der Waals surface area contributed by atoms with Crippen molar-refractivity contribution in [3.63, 3.8) is 0 Å². The molecule has 0 aliphatic heterocycles. The Bertz CT molecular complexity index is 225. The molecule has 0 unspecified atom stereocenters. The van der Waals surface area contributed by atoms with Crippen LogP contribution in [0, 0.1) is 0 Å². The molecule has 0 aliphatic carbocycles. The van der Waals surface area contributed by atoms with Gasteiger partial charge in [0.15, 0.2) is 11.5 Å². The van der Waals surface area contributed by atoms with Gasteiger partial charge in [0, 0.05) is 0 Å². The largest absolute Gasteiger partial charge is 0.502 e. The first-order valence-corrected chi connectivity index (χ1v) is 3.19. The second kappa shape index (κ2) is 4.46. The van der Waals surface area contributed by atoms with Crippen LogP contribution in [0.3, 0.4) is 0 Å². The highest BCUT2D eigenvalue weighted by atomic mass is 16.5. The van der Waals surface area contributed by atoms with E-state index < -0.39 is 0 Å². The van der Waals surface area contributed by atoms with Crippen LogP contribution >= 0.6 is 0 Å². The van der Waals surface area contributed by atoms with E-state index in [9.17, 15) is 5.11 Å². The maximum Gasteiger partial charge on any atom is 0.200 e. The first-order valence-electron chi connectivity index (χ1n) is 3.19. The Balaban J connectivity index is 0.00000121. The SMILES string of the molecule is COc1cccc(OC)c1O.O. The molecule has 0 fully saturated rings. The number of ether oxygens (including phenoxy) is 2. The van der Waals surface area contributed by atoms with Crippen LogP contribution in [0.5, 0.6) is 17.2 Å². The zero-order valence-electron chi connectivity index (χ0n) is 7.00. The molecule has 0 spiro atoms. The summed E-state index contributed by atoms with van der Waals surface area (Å²) in [5, 5.41) is 9.34. The molecule has 0 atom stereocenters. The summed E-state index contributed by atoms with van der Waals surface area (Å²) >= 11 is 0. The molecule has 1 rings (SSSR count). The molecule has 0 heterocycles. The summed E-state index contributed by atoms with van der Waals surface area (Å²) in [6.45, 7) is 0. The van der Waals surface area contributed by atoms with E-state index in [0.29, 0.717) is 11.5 Å². The zero-order valence-corrected chi connectivity index (χ0v) is 7.00. The van der Waals surface area contributed by atoms with Gasteiger partial charge in [-0.3, -0.25) is 0 Å². The Kier molecular flexibility index (Phi) is 3.93. The van der Waals surface area contributed by atoms with Crippen molar-refractivity contribution in [2.75, 3.05) is 14.2 Å². The van der Waals surface area contributed by atoms with Crippen molar-refractivity contribution in [2.24, 2.45) is 0 Å². The first-order chi connectivity index (χ1) is 5.29.